The Balaban J connectivity index is 1.36. The van der Waals surface area contributed by atoms with Crippen LogP contribution in [0.1, 0.15) is 31.7 Å². The summed E-state index contributed by atoms with van der Waals surface area (Å²) in [6, 6.07) is 21.0. The van der Waals surface area contributed by atoms with Crippen LogP contribution < -0.4 is 24.5 Å². The van der Waals surface area contributed by atoms with E-state index in [0.717, 1.165) is 18.6 Å². The highest BCUT2D eigenvalue weighted by Crippen LogP contribution is 2.60. The number of carbonyl (C=O) groups excluding carboxylic acids is 3. The smallest absolute Gasteiger partial charge is 0.269 e. The van der Waals surface area contributed by atoms with Crippen molar-refractivity contribution in [2.24, 2.45) is 5.92 Å². The number of carbonyl (C=O) groups is 3. The van der Waals surface area contributed by atoms with E-state index in [1.54, 1.807) is 27.9 Å². The van der Waals surface area contributed by atoms with Crippen molar-refractivity contribution < 1.29 is 33.7 Å². The molecule has 4 heterocycles. The fourth-order valence-corrected chi connectivity index (χ4v) is 13.0. The number of rotatable bonds is 9. The highest BCUT2D eigenvalue weighted by Gasteiger charge is 2.66. The number of para-hydroxylation sites is 2. The van der Waals surface area contributed by atoms with Crippen LogP contribution in [0.3, 0.4) is 0 Å². The fourth-order valence-electron chi connectivity index (χ4n) is 8.98. The minimum Gasteiger partial charge on any atom is -0.497 e. The van der Waals surface area contributed by atoms with Gasteiger partial charge in [0.15, 0.2) is 12.2 Å². The monoisotopic (exact) mass is 695 g/mol. The normalized spacial score (nSPS) is 25.9. The van der Waals surface area contributed by atoms with Crippen LogP contribution in [0.15, 0.2) is 79.4 Å². The van der Waals surface area contributed by atoms with Crippen LogP contribution in [0.25, 0.3) is 0 Å². The first-order valence-corrected chi connectivity index (χ1v) is 20.5. The van der Waals surface area contributed by atoms with Gasteiger partial charge in [0.05, 0.1) is 51.7 Å². The maximum absolute atomic E-state index is 14.9. The Hall–Kier alpha value is -4.45. The highest BCUT2D eigenvalue weighted by molar-refractivity contribution is 6.91. The molecule has 2 fully saturated rings. The van der Waals surface area contributed by atoms with Gasteiger partial charge in [0, 0.05) is 30.3 Å². The molecular weight excluding hydrogens is 651 g/mol. The summed E-state index contributed by atoms with van der Waals surface area (Å²) in [7, 11) is -0.859. The van der Waals surface area contributed by atoms with Crippen molar-refractivity contribution in [2.45, 2.75) is 62.6 Å². The number of hydrogen-bond donors (Lipinski definition) is 1. The molecule has 1 spiro atoms. The molecule has 0 radical (unpaired) electrons. The molecule has 262 valence electrons. The molecule has 10 nitrogen and oxygen atoms in total. The van der Waals surface area contributed by atoms with Crippen LogP contribution in [-0.2, 0) is 24.7 Å². The first-order chi connectivity index (χ1) is 24.1. The molecule has 0 saturated carbocycles. The van der Waals surface area contributed by atoms with Gasteiger partial charge < -0.3 is 29.1 Å². The zero-order valence-corrected chi connectivity index (χ0v) is 30.1. The number of amides is 3. The zero-order valence-electron chi connectivity index (χ0n) is 29.1. The van der Waals surface area contributed by atoms with E-state index < -0.39 is 19.8 Å². The third-order valence-electron chi connectivity index (χ3n) is 11.4. The van der Waals surface area contributed by atoms with Crippen molar-refractivity contribution in [1.29, 1.82) is 0 Å². The van der Waals surface area contributed by atoms with E-state index in [1.165, 1.54) is 5.19 Å². The number of anilines is 3. The van der Waals surface area contributed by atoms with Gasteiger partial charge in [-0.15, -0.1) is 6.58 Å². The maximum Gasteiger partial charge on any atom is 0.269 e. The van der Waals surface area contributed by atoms with E-state index in [1.807, 2.05) is 54.6 Å². The molecular formula is C39H45N3O7Si. The first kappa shape index (κ1) is 34.0. The second-order valence-corrected chi connectivity index (χ2v) is 19.0. The van der Waals surface area contributed by atoms with Crippen molar-refractivity contribution in [3.05, 3.63) is 84.9 Å². The minimum absolute atomic E-state index is 0.0711. The molecule has 1 N–H and O–H groups in total. The molecule has 0 aliphatic carbocycles. The summed E-state index contributed by atoms with van der Waals surface area (Å²) < 4.78 is 18.4. The average molecular weight is 696 g/mol. The minimum atomic E-state index is -2.50. The van der Waals surface area contributed by atoms with E-state index in [0.29, 0.717) is 34.9 Å². The van der Waals surface area contributed by atoms with Gasteiger partial charge in [0.1, 0.15) is 11.5 Å². The van der Waals surface area contributed by atoms with Gasteiger partial charge in [0.2, 0.25) is 5.91 Å². The summed E-state index contributed by atoms with van der Waals surface area (Å²) in [4.78, 5) is 47.5. The molecule has 0 bridgehead atoms. The Morgan fingerprint density at radius 1 is 1.10 bits per heavy atom. The second kappa shape index (κ2) is 13.0. The molecule has 50 heavy (non-hydrogen) atoms. The van der Waals surface area contributed by atoms with Crippen molar-refractivity contribution >= 4 is 48.0 Å². The lowest BCUT2D eigenvalue weighted by molar-refractivity contribution is -0.149. The standard InChI is InChI=1S/C39H45N3O7Si/c1-6-19-41-31-18-13-26(42-32-11-7-8-12-33(32)48-24-36(42)45)21-30(31)39(38(41)46)25(2)37(50(4,5)29-16-14-28(47-3)15-17-29)34(49-39)22-35(44)40-20-9-10-27(40)23-43/h6-8,11-18,21,25,27,34,37,43H,1,9-10,19-20,22-24H2,2-5H3/t25-,27+,34+,37-,39+/m1/s1. The molecule has 7 rings (SSSR count). The molecule has 11 heteroatoms. The van der Waals surface area contributed by atoms with Crippen molar-refractivity contribution in [2.75, 3.05) is 43.2 Å². The Labute approximate surface area is 294 Å². The van der Waals surface area contributed by atoms with Crippen LogP contribution in [0.2, 0.25) is 18.6 Å². The highest BCUT2D eigenvalue weighted by atomic mass is 28.3. The Morgan fingerprint density at radius 2 is 1.86 bits per heavy atom. The Kier molecular flexibility index (Phi) is 8.86. The third kappa shape index (κ3) is 5.25. The second-order valence-electron chi connectivity index (χ2n) is 14.3. The van der Waals surface area contributed by atoms with Gasteiger partial charge in [-0.1, -0.05) is 55.5 Å². The lowest BCUT2D eigenvalue weighted by Gasteiger charge is -2.37. The molecule has 0 aromatic heterocycles. The summed E-state index contributed by atoms with van der Waals surface area (Å²) in [5.41, 5.74) is 1.07. The zero-order chi connectivity index (χ0) is 35.4. The molecule has 3 aromatic rings. The number of hydrogen-bond acceptors (Lipinski definition) is 7. The third-order valence-corrected chi connectivity index (χ3v) is 15.7. The summed E-state index contributed by atoms with van der Waals surface area (Å²) in [5.74, 6) is 0.543. The Bertz CT molecular complexity index is 1830. The van der Waals surface area contributed by atoms with Crippen LogP contribution in [0.5, 0.6) is 11.5 Å². The van der Waals surface area contributed by atoms with E-state index in [2.05, 4.69) is 38.7 Å². The van der Waals surface area contributed by atoms with Gasteiger partial charge in [-0.25, -0.2) is 0 Å². The predicted molar refractivity (Wildman–Crippen MR) is 194 cm³/mol. The topological polar surface area (TPSA) is 109 Å². The van der Waals surface area contributed by atoms with Gasteiger partial charge in [-0.3, -0.25) is 19.3 Å². The molecule has 0 unspecified atom stereocenters. The number of aliphatic hydroxyl groups excluding tert-OH is 1. The van der Waals surface area contributed by atoms with Gasteiger partial charge >= 0.3 is 0 Å². The SMILES string of the molecule is C=CCN1C(=O)[C@@]2(O[C@@H](CC(=O)N3CCC[C@H]3CO)[C@H]([Si](C)(C)c3ccc(OC)cc3)[C@H]2C)c2cc(N3C(=O)COc4ccccc43)ccc21. The van der Waals surface area contributed by atoms with Crippen molar-refractivity contribution in [1.82, 2.24) is 4.90 Å². The van der Waals surface area contributed by atoms with E-state index in [-0.39, 0.29) is 61.4 Å². The summed E-state index contributed by atoms with van der Waals surface area (Å²) in [6.45, 7) is 11.3. The Morgan fingerprint density at radius 3 is 2.58 bits per heavy atom. The van der Waals surface area contributed by atoms with E-state index in [9.17, 15) is 19.5 Å². The van der Waals surface area contributed by atoms with E-state index in [4.69, 9.17) is 14.2 Å². The lowest BCUT2D eigenvalue weighted by Crippen LogP contribution is -2.52. The molecule has 3 aromatic carbocycles. The molecule has 3 amide bonds. The number of fused-ring (bicyclic) bond motifs is 3. The van der Waals surface area contributed by atoms with Crippen LogP contribution in [-0.4, -0.2) is 81.4 Å². The summed E-state index contributed by atoms with van der Waals surface area (Å²) in [5, 5.41) is 11.2. The fraction of sp³-hybridized carbons (Fsp3) is 0.410. The van der Waals surface area contributed by atoms with Crippen molar-refractivity contribution in [3.63, 3.8) is 0 Å². The van der Waals surface area contributed by atoms with Gasteiger partial charge in [-0.2, -0.15) is 0 Å². The molecule has 4 aliphatic heterocycles. The van der Waals surface area contributed by atoms with Crippen LogP contribution in [0.4, 0.5) is 17.1 Å². The number of nitrogens with zero attached hydrogens (tertiary/aromatic N) is 3. The quantitative estimate of drug-likeness (QED) is 0.251. The molecule has 2 saturated heterocycles. The molecule has 4 aliphatic rings. The number of benzene rings is 3. The van der Waals surface area contributed by atoms with E-state index >= 15 is 0 Å². The number of methoxy groups -OCH3 is 1. The number of ether oxygens (including phenoxy) is 3. The number of likely N-dealkylation sites (tertiary alicyclic amines) is 1. The van der Waals surface area contributed by atoms with Crippen LogP contribution in [0, 0.1) is 5.92 Å². The summed E-state index contributed by atoms with van der Waals surface area (Å²) >= 11 is 0. The average Bonchev–Trinajstić information content (AvgIpc) is 3.79. The van der Waals surface area contributed by atoms with Crippen LogP contribution >= 0.6 is 0 Å². The number of aliphatic hydroxyl groups is 1. The largest absolute Gasteiger partial charge is 0.497 e. The lowest BCUT2D eigenvalue weighted by atomic mass is 9.82. The summed E-state index contributed by atoms with van der Waals surface area (Å²) in [6.07, 6.45) is 2.83. The van der Waals surface area contributed by atoms with Gasteiger partial charge in [0.25, 0.3) is 11.8 Å². The van der Waals surface area contributed by atoms with Gasteiger partial charge in [-0.05, 0) is 60.8 Å². The van der Waals surface area contributed by atoms with Crippen molar-refractivity contribution in [3.8, 4) is 11.5 Å². The predicted octanol–water partition coefficient (Wildman–Crippen LogP) is 4.87. The first-order valence-electron chi connectivity index (χ1n) is 17.4. The molecule has 5 atom stereocenters. The maximum atomic E-state index is 14.9.